The molecule has 0 aromatic heterocycles. The second kappa shape index (κ2) is 3.21. The average molecular weight is 189 g/mol. The molecule has 1 aromatic rings. The maximum atomic E-state index is 11.6. The normalized spacial score (nSPS) is 20.3. The Morgan fingerprint density at radius 1 is 1.43 bits per heavy atom. The minimum absolute atomic E-state index is 0.0845. The summed E-state index contributed by atoms with van der Waals surface area (Å²) in [5, 5.41) is 0. The molecule has 1 atom stereocenters. The van der Waals surface area contributed by atoms with E-state index in [0.717, 1.165) is 11.1 Å². The summed E-state index contributed by atoms with van der Waals surface area (Å²) in [5.41, 5.74) is 8.91. The Balaban J connectivity index is 2.50. The summed E-state index contributed by atoms with van der Waals surface area (Å²) in [6.45, 7) is 4.25. The van der Waals surface area contributed by atoms with Gasteiger partial charge in [0.1, 0.15) is 0 Å². The van der Waals surface area contributed by atoms with Crippen LogP contribution in [0.3, 0.4) is 0 Å². The summed E-state index contributed by atoms with van der Waals surface area (Å²) in [7, 11) is 0. The van der Waals surface area contributed by atoms with E-state index in [0.29, 0.717) is 12.3 Å². The minimum Gasteiger partial charge on any atom is -0.324 e. The smallest absolute Gasteiger partial charge is 0.165 e. The van der Waals surface area contributed by atoms with E-state index < -0.39 is 0 Å². The first-order chi connectivity index (χ1) is 6.59. The second-order valence-electron chi connectivity index (χ2n) is 4.24. The monoisotopic (exact) mass is 189 g/mol. The number of nitrogens with two attached hydrogens (primary N) is 1. The van der Waals surface area contributed by atoms with Gasteiger partial charge in [0.15, 0.2) is 5.78 Å². The summed E-state index contributed by atoms with van der Waals surface area (Å²) in [4.78, 5) is 11.6. The van der Waals surface area contributed by atoms with Gasteiger partial charge in [-0.15, -0.1) is 0 Å². The van der Waals surface area contributed by atoms with Crippen LogP contribution in [0.15, 0.2) is 18.2 Å². The molecule has 1 aliphatic rings. The number of carbonyl (C=O) groups is 1. The van der Waals surface area contributed by atoms with Gasteiger partial charge in [-0.25, -0.2) is 0 Å². The van der Waals surface area contributed by atoms with E-state index in [9.17, 15) is 4.79 Å². The van der Waals surface area contributed by atoms with Gasteiger partial charge in [-0.1, -0.05) is 26.0 Å². The van der Waals surface area contributed by atoms with E-state index in [1.165, 1.54) is 5.56 Å². The van der Waals surface area contributed by atoms with Crippen LogP contribution in [-0.4, -0.2) is 5.78 Å². The van der Waals surface area contributed by atoms with E-state index in [1.807, 2.05) is 12.1 Å². The highest BCUT2D eigenvalue weighted by Crippen LogP contribution is 2.31. The molecule has 0 heterocycles. The number of ketones is 1. The highest BCUT2D eigenvalue weighted by atomic mass is 16.1. The summed E-state index contributed by atoms with van der Waals surface area (Å²) in [6, 6.07) is 5.98. The third kappa shape index (κ3) is 1.36. The van der Waals surface area contributed by atoms with Crippen LogP contribution in [0.2, 0.25) is 0 Å². The fraction of sp³-hybridized carbons (Fsp3) is 0.417. The Labute approximate surface area is 84.1 Å². The molecular formula is C12H15NO. The quantitative estimate of drug-likeness (QED) is 0.737. The molecule has 0 amide bonds. The molecular weight excluding hydrogens is 174 g/mol. The van der Waals surface area contributed by atoms with Crippen LogP contribution in [0.5, 0.6) is 0 Å². The number of benzene rings is 1. The van der Waals surface area contributed by atoms with E-state index in [-0.39, 0.29) is 11.8 Å². The Morgan fingerprint density at radius 3 is 2.79 bits per heavy atom. The van der Waals surface area contributed by atoms with Gasteiger partial charge in [0.2, 0.25) is 0 Å². The van der Waals surface area contributed by atoms with Crippen LogP contribution in [0, 0.1) is 0 Å². The zero-order valence-electron chi connectivity index (χ0n) is 8.58. The zero-order chi connectivity index (χ0) is 10.3. The van der Waals surface area contributed by atoms with Crippen LogP contribution in [-0.2, 0) is 0 Å². The van der Waals surface area contributed by atoms with Crippen LogP contribution in [0.25, 0.3) is 0 Å². The number of fused-ring (bicyclic) bond motifs is 1. The standard InChI is InChI=1S/C12H15NO/c1-7(2)8-3-4-9-10(5-8)12(14)6-11(9)13/h3-5,7,11H,6,13H2,1-2H3. The first-order valence-electron chi connectivity index (χ1n) is 5.02. The lowest BCUT2D eigenvalue weighted by Gasteiger charge is -2.08. The predicted octanol–water partition coefficient (Wildman–Crippen LogP) is 2.40. The number of rotatable bonds is 1. The molecule has 2 rings (SSSR count). The van der Waals surface area contributed by atoms with Crippen molar-refractivity contribution in [3.05, 3.63) is 34.9 Å². The maximum Gasteiger partial charge on any atom is 0.165 e. The average Bonchev–Trinajstić information content (AvgIpc) is 2.42. The molecule has 0 aliphatic heterocycles. The Morgan fingerprint density at radius 2 is 2.14 bits per heavy atom. The van der Waals surface area contributed by atoms with Gasteiger partial charge in [0.05, 0.1) is 0 Å². The number of hydrogen-bond acceptors (Lipinski definition) is 2. The lowest BCUT2D eigenvalue weighted by Crippen LogP contribution is -2.05. The molecule has 0 fully saturated rings. The maximum absolute atomic E-state index is 11.6. The molecule has 1 unspecified atom stereocenters. The minimum atomic E-state index is -0.0845. The summed E-state index contributed by atoms with van der Waals surface area (Å²) >= 11 is 0. The van der Waals surface area contributed by atoms with Gasteiger partial charge in [-0.05, 0) is 23.1 Å². The van der Waals surface area contributed by atoms with Crippen molar-refractivity contribution in [2.75, 3.05) is 0 Å². The van der Waals surface area contributed by atoms with E-state index >= 15 is 0 Å². The van der Waals surface area contributed by atoms with Crippen molar-refractivity contribution in [3.63, 3.8) is 0 Å². The topological polar surface area (TPSA) is 43.1 Å². The molecule has 0 bridgehead atoms. The first kappa shape index (κ1) is 9.41. The number of hydrogen-bond donors (Lipinski definition) is 1. The molecule has 2 nitrogen and oxygen atoms in total. The predicted molar refractivity (Wildman–Crippen MR) is 56.4 cm³/mol. The highest BCUT2D eigenvalue weighted by Gasteiger charge is 2.26. The van der Waals surface area contributed by atoms with Crippen LogP contribution in [0.1, 0.15) is 53.7 Å². The molecule has 1 aromatic carbocycles. The van der Waals surface area contributed by atoms with Crippen molar-refractivity contribution in [2.45, 2.75) is 32.2 Å². The fourth-order valence-corrected chi connectivity index (χ4v) is 1.92. The van der Waals surface area contributed by atoms with Gasteiger partial charge in [-0.3, -0.25) is 4.79 Å². The van der Waals surface area contributed by atoms with Crippen LogP contribution < -0.4 is 5.73 Å². The summed E-state index contributed by atoms with van der Waals surface area (Å²) in [6.07, 6.45) is 0.469. The van der Waals surface area contributed by atoms with Gasteiger partial charge >= 0.3 is 0 Å². The van der Waals surface area contributed by atoms with Gasteiger partial charge in [0.25, 0.3) is 0 Å². The SMILES string of the molecule is CC(C)c1ccc2c(c1)C(=O)CC2N. The molecule has 0 spiro atoms. The van der Waals surface area contributed by atoms with Crippen molar-refractivity contribution in [1.29, 1.82) is 0 Å². The third-order valence-corrected chi connectivity index (χ3v) is 2.85. The Hall–Kier alpha value is -1.15. The van der Waals surface area contributed by atoms with Crippen molar-refractivity contribution in [1.82, 2.24) is 0 Å². The van der Waals surface area contributed by atoms with Crippen molar-refractivity contribution < 1.29 is 4.79 Å². The molecule has 14 heavy (non-hydrogen) atoms. The van der Waals surface area contributed by atoms with E-state index in [1.54, 1.807) is 0 Å². The molecule has 74 valence electrons. The first-order valence-corrected chi connectivity index (χ1v) is 5.02. The van der Waals surface area contributed by atoms with Gasteiger partial charge < -0.3 is 5.73 Å². The van der Waals surface area contributed by atoms with Gasteiger partial charge in [-0.2, -0.15) is 0 Å². The number of Topliss-reactive ketones (excluding diaryl/α,β-unsaturated/α-hetero) is 1. The number of carbonyl (C=O) groups excluding carboxylic acids is 1. The largest absolute Gasteiger partial charge is 0.324 e. The lowest BCUT2D eigenvalue weighted by atomic mass is 9.98. The van der Waals surface area contributed by atoms with Crippen LogP contribution in [0.4, 0.5) is 0 Å². The lowest BCUT2D eigenvalue weighted by molar-refractivity contribution is 0.0989. The fourth-order valence-electron chi connectivity index (χ4n) is 1.92. The third-order valence-electron chi connectivity index (χ3n) is 2.85. The Bertz CT molecular complexity index is 382. The van der Waals surface area contributed by atoms with Crippen molar-refractivity contribution in [2.24, 2.45) is 5.73 Å². The van der Waals surface area contributed by atoms with Crippen molar-refractivity contribution in [3.8, 4) is 0 Å². The van der Waals surface area contributed by atoms with Gasteiger partial charge in [0, 0.05) is 18.0 Å². The molecule has 0 saturated heterocycles. The van der Waals surface area contributed by atoms with E-state index in [2.05, 4.69) is 19.9 Å². The summed E-state index contributed by atoms with van der Waals surface area (Å²) < 4.78 is 0. The zero-order valence-corrected chi connectivity index (χ0v) is 8.58. The summed E-state index contributed by atoms with van der Waals surface area (Å²) in [5.74, 6) is 0.653. The molecule has 2 N–H and O–H groups in total. The van der Waals surface area contributed by atoms with Crippen LogP contribution >= 0.6 is 0 Å². The Kier molecular flexibility index (Phi) is 2.16. The highest BCUT2D eigenvalue weighted by molar-refractivity contribution is 6.01. The second-order valence-corrected chi connectivity index (χ2v) is 4.24. The molecule has 0 radical (unpaired) electrons. The molecule has 0 saturated carbocycles. The molecule has 2 heteroatoms. The van der Waals surface area contributed by atoms with Crippen molar-refractivity contribution >= 4 is 5.78 Å². The molecule has 1 aliphatic carbocycles. The van der Waals surface area contributed by atoms with E-state index in [4.69, 9.17) is 5.73 Å².